The van der Waals surface area contributed by atoms with Gasteiger partial charge in [0.2, 0.25) is 0 Å². The van der Waals surface area contributed by atoms with Gasteiger partial charge < -0.3 is 20.4 Å². The Morgan fingerprint density at radius 1 is 0.652 bits per heavy atom. The standard InChI is InChI=1S/C17H20O4S2/c18-11-16(12-19,13-20)17(21,22-14-7-3-1-4-8-14)23-15-9-5-2-6-10-15/h1-10,18-21H,11-13H2. The third kappa shape index (κ3) is 4.09. The average molecular weight is 352 g/mol. The molecule has 2 aromatic rings. The molecule has 2 aromatic carbocycles. The van der Waals surface area contributed by atoms with Gasteiger partial charge in [0, 0.05) is 9.79 Å². The first-order valence-electron chi connectivity index (χ1n) is 7.12. The van der Waals surface area contributed by atoms with Gasteiger partial charge in [-0.15, -0.1) is 0 Å². The van der Waals surface area contributed by atoms with Crippen molar-refractivity contribution in [2.45, 2.75) is 14.1 Å². The number of thioether (sulfide) groups is 2. The lowest BCUT2D eigenvalue weighted by Crippen LogP contribution is -2.51. The summed E-state index contributed by atoms with van der Waals surface area (Å²) < 4.78 is -1.64. The van der Waals surface area contributed by atoms with Crippen LogP contribution in [0.4, 0.5) is 0 Å². The highest BCUT2D eigenvalue weighted by molar-refractivity contribution is 8.18. The summed E-state index contributed by atoms with van der Waals surface area (Å²) in [6.45, 7) is -1.64. The van der Waals surface area contributed by atoms with Crippen molar-refractivity contribution < 1.29 is 20.4 Å². The Morgan fingerprint density at radius 2 is 1.00 bits per heavy atom. The second-order valence-corrected chi connectivity index (χ2v) is 7.96. The molecular weight excluding hydrogens is 332 g/mol. The molecule has 6 heteroatoms. The molecule has 0 amide bonds. The van der Waals surface area contributed by atoms with Gasteiger partial charge in [-0.1, -0.05) is 59.9 Å². The van der Waals surface area contributed by atoms with E-state index >= 15 is 0 Å². The smallest absolute Gasteiger partial charge is 0.178 e. The quantitative estimate of drug-likeness (QED) is 0.431. The summed E-state index contributed by atoms with van der Waals surface area (Å²) in [4.78, 5) is 1.55. The molecule has 0 saturated heterocycles. The number of benzene rings is 2. The molecule has 2 rings (SSSR count). The highest BCUT2D eigenvalue weighted by Gasteiger charge is 2.51. The largest absolute Gasteiger partial charge is 0.395 e. The van der Waals surface area contributed by atoms with Gasteiger partial charge in [0.25, 0.3) is 0 Å². The van der Waals surface area contributed by atoms with Gasteiger partial charge in [-0.25, -0.2) is 0 Å². The predicted octanol–water partition coefficient (Wildman–Crippen LogP) is 2.18. The van der Waals surface area contributed by atoms with Crippen LogP contribution in [0.1, 0.15) is 0 Å². The molecule has 0 aromatic heterocycles. The lowest BCUT2D eigenvalue weighted by atomic mass is 9.92. The zero-order valence-corrected chi connectivity index (χ0v) is 14.1. The van der Waals surface area contributed by atoms with Gasteiger partial charge in [-0.05, 0) is 24.3 Å². The Bertz CT molecular complexity index is 538. The fourth-order valence-electron chi connectivity index (χ4n) is 1.98. The minimum atomic E-state index is -1.64. The molecule has 0 atom stereocenters. The molecule has 0 unspecified atom stereocenters. The maximum atomic E-state index is 11.3. The third-order valence-corrected chi connectivity index (χ3v) is 6.51. The highest BCUT2D eigenvalue weighted by Crippen LogP contribution is 2.53. The van der Waals surface area contributed by atoms with Crippen molar-refractivity contribution >= 4 is 23.5 Å². The number of hydrogen-bond donors (Lipinski definition) is 4. The zero-order valence-electron chi connectivity index (χ0n) is 12.5. The Morgan fingerprint density at radius 3 is 1.30 bits per heavy atom. The molecule has 4 N–H and O–H groups in total. The Balaban J connectivity index is 2.40. The molecule has 0 fully saturated rings. The predicted molar refractivity (Wildman–Crippen MR) is 93.2 cm³/mol. The molecule has 0 bridgehead atoms. The normalized spacial score (nSPS) is 12.3. The first-order chi connectivity index (χ1) is 11.1. The average Bonchev–Trinajstić information content (AvgIpc) is 2.58. The fourth-order valence-corrected chi connectivity index (χ4v) is 4.77. The van der Waals surface area contributed by atoms with Crippen molar-refractivity contribution in [1.29, 1.82) is 0 Å². The summed E-state index contributed by atoms with van der Waals surface area (Å²) in [5, 5.41) is 40.6. The summed E-state index contributed by atoms with van der Waals surface area (Å²) in [6, 6.07) is 18.4. The van der Waals surface area contributed by atoms with E-state index < -0.39 is 29.5 Å². The second-order valence-electron chi connectivity index (χ2n) is 5.17. The van der Waals surface area contributed by atoms with E-state index in [1.54, 1.807) is 0 Å². The van der Waals surface area contributed by atoms with E-state index in [1.165, 1.54) is 0 Å². The van der Waals surface area contributed by atoms with E-state index in [0.29, 0.717) is 0 Å². The van der Waals surface area contributed by atoms with Crippen molar-refractivity contribution in [3.63, 3.8) is 0 Å². The number of hydrogen-bond acceptors (Lipinski definition) is 6. The Labute approximate surface area is 144 Å². The minimum Gasteiger partial charge on any atom is -0.395 e. The van der Waals surface area contributed by atoms with Crippen LogP contribution in [-0.2, 0) is 0 Å². The molecule has 124 valence electrons. The zero-order chi connectivity index (χ0) is 16.8. The molecule has 0 aliphatic carbocycles. The highest BCUT2D eigenvalue weighted by atomic mass is 32.2. The van der Waals surface area contributed by atoms with Crippen LogP contribution in [0.3, 0.4) is 0 Å². The van der Waals surface area contributed by atoms with E-state index in [-0.39, 0.29) is 0 Å². The van der Waals surface area contributed by atoms with Crippen LogP contribution in [-0.4, -0.2) is 44.5 Å². The number of aliphatic hydroxyl groups excluding tert-OH is 3. The Kier molecular flexibility index (Phi) is 6.52. The molecule has 0 aliphatic heterocycles. The molecule has 0 saturated carbocycles. The van der Waals surface area contributed by atoms with E-state index in [1.807, 2.05) is 60.7 Å². The van der Waals surface area contributed by atoms with Crippen LogP contribution in [0.25, 0.3) is 0 Å². The molecule has 0 aliphatic rings. The molecule has 4 nitrogen and oxygen atoms in total. The van der Waals surface area contributed by atoms with Crippen LogP contribution in [0.2, 0.25) is 0 Å². The van der Waals surface area contributed by atoms with Crippen LogP contribution in [0, 0.1) is 5.41 Å². The lowest BCUT2D eigenvalue weighted by Gasteiger charge is -2.42. The van der Waals surface area contributed by atoms with E-state index in [4.69, 9.17) is 0 Å². The maximum absolute atomic E-state index is 11.3. The van der Waals surface area contributed by atoms with Crippen LogP contribution in [0.15, 0.2) is 70.5 Å². The lowest BCUT2D eigenvalue weighted by molar-refractivity contribution is -0.0617. The molecule has 23 heavy (non-hydrogen) atoms. The van der Waals surface area contributed by atoms with Crippen molar-refractivity contribution in [3.8, 4) is 0 Å². The fraction of sp³-hybridized carbons (Fsp3) is 0.294. The Hall–Kier alpha value is -1.02. The van der Waals surface area contributed by atoms with Gasteiger partial charge in [-0.3, -0.25) is 0 Å². The van der Waals surface area contributed by atoms with E-state index in [2.05, 4.69) is 0 Å². The van der Waals surface area contributed by atoms with Crippen molar-refractivity contribution in [2.24, 2.45) is 5.41 Å². The van der Waals surface area contributed by atoms with Crippen molar-refractivity contribution in [3.05, 3.63) is 60.7 Å². The van der Waals surface area contributed by atoms with E-state index in [0.717, 1.165) is 33.3 Å². The maximum Gasteiger partial charge on any atom is 0.178 e. The molecule has 0 heterocycles. The third-order valence-electron chi connectivity index (χ3n) is 3.58. The van der Waals surface area contributed by atoms with Crippen LogP contribution >= 0.6 is 23.5 Å². The van der Waals surface area contributed by atoms with Crippen LogP contribution < -0.4 is 0 Å². The molecular formula is C17H20O4S2. The van der Waals surface area contributed by atoms with E-state index in [9.17, 15) is 20.4 Å². The van der Waals surface area contributed by atoms with Crippen molar-refractivity contribution in [1.82, 2.24) is 0 Å². The first-order valence-corrected chi connectivity index (χ1v) is 8.75. The summed E-state index contributed by atoms with van der Waals surface area (Å²) in [6.07, 6.45) is 0. The summed E-state index contributed by atoms with van der Waals surface area (Å²) in [7, 11) is 0. The second kappa shape index (κ2) is 8.19. The molecule has 0 spiro atoms. The summed E-state index contributed by atoms with van der Waals surface area (Å²) >= 11 is 2.21. The summed E-state index contributed by atoms with van der Waals surface area (Å²) in [5.74, 6) is 0. The number of rotatable bonds is 8. The monoisotopic (exact) mass is 352 g/mol. The first kappa shape index (κ1) is 18.3. The number of aliphatic hydroxyl groups is 4. The van der Waals surface area contributed by atoms with Crippen LogP contribution in [0.5, 0.6) is 0 Å². The van der Waals surface area contributed by atoms with Gasteiger partial charge in [-0.2, -0.15) is 0 Å². The topological polar surface area (TPSA) is 80.9 Å². The minimum absolute atomic E-state index is 0.545. The van der Waals surface area contributed by atoms with Gasteiger partial charge in [0.1, 0.15) is 0 Å². The van der Waals surface area contributed by atoms with Gasteiger partial charge in [0.05, 0.1) is 25.2 Å². The van der Waals surface area contributed by atoms with Gasteiger partial charge >= 0.3 is 0 Å². The van der Waals surface area contributed by atoms with Gasteiger partial charge in [0.15, 0.2) is 4.27 Å². The summed E-state index contributed by atoms with van der Waals surface area (Å²) in [5.41, 5.74) is -1.46. The molecule has 0 radical (unpaired) electrons. The van der Waals surface area contributed by atoms with Crippen molar-refractivity contribution in [2.75, 3.05) is 19.8 Å². The SMILES string of the molecule is OCC(CO)(CO)C(O)(Sc1ccccc1)Sc1ccccc1.